The third kappa shape index (κ3) is 23.1. The molecule has 12 rings (SSSR count). The standard InChI is InChI=1S/3C30H37FN4O4S.9H2/c3*1-18(2)16-39-21-13-19(12-20(31)14-21)24-11-10-22(27(33-24)23-15-29(3,4)17-30(23,5)6)28(36)35-40(37,38)26-9-7-8-25(32)34-26;;;;;;;;;/h3*7-14,18,23H,15-17H2,1-6H3,(H2,32,34)(H,35,36);9*1H. The van der Waals surface area contributed by atoms with Gasteiger partial charge < -0.3 is 31.4 Å². The molecular formula is C90H129F3N12O12S3. The van der Waals surface area contributed by atoms with Gasteiger partial charge in [-0.2, -0.15) is 25.3 Å². The number of hydrogen-bond acceptors (Lipinski definition) is 21. The maximum absolute atomic E-state index is 14.6. The van der Waals surface area contributed by atoms with Crippen molar-refractivity contribution in [3.05, 3.63) is 197 Å². The first kappa shape index (κ1) is 91.7. The fraction of sp³-hybridized carbons (Fsp3) is 0.433. The van der Waals surface area contributed by atoms with Crippen LogP contribution in [-0.4, -0.2) is 92.7 Å². The highest BCUT2D eigenvalue weighted by Crippen LogP contribution is 2.60. The summed E-state index contributed by atoms with van der Waals surface area (Å²) in [5.74, 6) is -2.31. The van der Waals surface area contributed by atoms with E-state index in [4.69, 9.17) is 46.4 Å². The van der Waals surface area contributed by atoms with Crippen LogP contribution in [-0.2, 0) is 30.1 Å². The van der Waals surface area contributed by atoms with Gasteiger partial charge in [-0.25, -0.2) is 42.3 Å². The van der Waals surface area contributed by atoms with Crippen LogP contribution in [0, 0.1) is 67.7 Å². The Morgan fingerprint density at radius 3 is 0.833 bits per heavy atom. The average molecular weight is 1720 g/mol. The first-order valence-electron chi connectivity index (χ1n) is 39.9. The summed E-state index contributed by atoms with van der Waals surface area (Å²) in [6.07, 6.45) is 4.88. The molecular weight excluding hydrogens is 1590 g/mol. The zero-order valence-electron chi connectivity index (χ0n) is 71.4. The number of rotatable bonds is 24. The number of aromatic nitrogens is 6. The molecule has 0 saturated heterocycles. The molecule has 9 N–H and O–H groups in total. The maximum Gasteiger partial charge on any atom is 0.281 e. The van der Waals surface area contributed by atoms with Crippen molar-refractivity contribution in [2.45, 2.75) is 196 Å². The number of benzene rings is 3. The SMILES string of the molecule is CC(C)COc1cc(F)cc(-c2ccc(C(=O)NS(=O)(=O)c3cccc(N)n3)c(C3CC(C)(C)CC3(C)C)n2)c1.CC(C)COc1cc(F)cc(-c2ccc(C(=O)NS(=O)(=O)c3cccc(N)n3)c(C3CC(C)(C)CC3(C)C)n2)c1.CC(C)COc1cc(F)cc(-c2ccc(C(=O)NS(=O)(=O)c3cccc(N)n3)c(C3CC(C)(C)CC3(C)C)n2)c1.[HH].[HH].[HH].[HH].[HH].[HH].[HH].[HH].[HH]. The van der Waals surface area contributed by atoms with E-state index in [9.17, 15) is 52.8 Å². The van der Waals surface area contributed by atoms with Crippen LogP contribution in [0.25, 0.3) is 33.8 Å². The predicted octanol–water partition coefficient (Wildman–Crippen LogP) is 20.1. The molecule has 0 bridgehead atoms. The fourth-order valence-corrected chi connectivity index (χ4v) is 19.9. The second-order valence-corrected chi connectivity index (χ2v) is 42.2. The molecule has 3 saturated carbocycles. The fourth-order valence-electron chi connectivity index (χ4n) is 17.1. The van der Waals surface area contributed by atoms with Crippen molar-refractivity contribution in [2.75, 3.05) is 37.0 Å². The Kier molecular flexibility index (Phi) is 27.2. The Hall–Kier alpha value is -10.6. The molecule has 120 heavy (non-hydrogen) atoms. The number of nitrogens with one attached hydrogen (secondary N) is 3. The number of nitrogen functional groups attached to an aromatic ring is 3. The smallest absolute Gasteiger partial charge is 0.281 e. The van der Waals surface area contributed by atoms with E-state index in [0.717, 1.165) is 38.5 Å². The minimum absolute atomic E-state index is 0. The number of anilines is 3. The molecule has 3 unspecified atom stereocenters. The van der Waals surface area contributed by atoms with Gasteiger partial charge in [0.2, 0.25) is 0 Å². The highest BCUT2D eigenvalue weighted by atomic mass is 32.2. The first-order valence-corrected chi connectivity index (χ1v) is 44.4. The highest BCUT2D eigenvalue weighted by Gasteiger charge is 2.50. The number of carbonyl (C=O) groups excluding carboxylic acids is 3. The lowest BCUT2D eigenvalue weighted by molar-refractivity contribution is 0.0969. The van der Waals surface area contributed by atoms with Crippen molar-refractivity contribution in [3.63, 3.8) is 0 Å². The minimum atomic E-state index is -4.29. The predicted molar refractivity (Wildman–Crippen MR) is 477 cm³/mol. The van der Waals surface area contributed by atoms with Crippen LogP contribution in [0.1, 0.15) is 242 Å². The maximum atomic E-state index is 14.6. The van der Waals surface area contributed by atoms with Gasteiger partial charge in [0, 0.05) is 65.5 Å². The molecule has 3 aliphatic rings. The molecule has 6 heterocycles. The molecule has 9 aromatic rings. The van der Waals surface area contributed by atoms with Gasteiger partial charge in [-0.05, 0) is 198 Å². The Morgan fingerprint density at radius 2 is 0.625 bits per heavy atom. The molecule has 3 aromatic carbocycles. The van der Waals surface area contributed by atoms with E-state index in [-0.39, 0.29) is 130 Å². The lowest BCUT2D eigenvalue weighted by Gasteiger charge is -2.28. The van der Waals surface area contributed by atoms with E-state index >= 15 is 0 Å². The molecule has 3 atom stereocenters. The van der Waals surface area contributed by atoms with E-state index in [0.29, 0.717) is 87.9 Å². The van der Waals surface area contributed by atoms with Gasteiger partial charge >= 0.3 is 0 Å². The summed E-state index contributed by atoms with van der Waals surface area (Å²) in [7, 11) is -12.9. The van der Waals surface area contributed by atoms with Crippen molar-refractivity contribution in [1.29, 1.82) is 0 Å². The average Bonchev–Trinajstić information content (AvgIpc) is 1.57. The van der Waals surface area contributed by atoms with Gasteiger partial charge in [0.15, 0.2) is 15.1 Å². The molecule has 3 amide bonds. The van der Waals surface area contributed by atoms with Crippen molar-refractivity contribution >= 4 is 65.2 Å². The molecule has 6 aromatic heterocycles. The number of nitrogens with two attached hydrogens (primary N) is 3. The summed E-state index contributed by atoms with van der Waals surface area (Å²) in [5.41, 5.74) is 20.9. The summed E-state index contributed by atoms with van der Waals surface area (Å²) in [5, 5.41) is -1.08. The Morgan fingerprint density at radius 1 is 0.383 bits per heavy atom. The summed E-state index contributed by atoms with van der Waals surface area (Å²) >= 11 is 0. The summed E-state index contributed by atoms with van der Waals surface area (Å²) in [6.45, 7) is 39.1. The van der Waals surface area contributed by atoms with Gasteiger partial charge in [-0.15, -0.1) is 0 Å². The zero-order valence-corrected chi connectivity index (χ0v) is 73.8. The number of amides is 3. The number of hydrogen-bond donors (Lipinski definition) is 6. The van der Waals surface area contributed by atoms with Crippen LogP contribution in [0.3, 0.4) is 0 Å². The summed E-state index contributed by atoms with van der Waals surface area (Å²) in [4.78, 5) is 66.7. The second kappa shape index (κ2) is 35.6. The van der Waals surface area contributed by atoms with Crippen LogP contribution in [0.5, 0.6) is 17.2 Å². The Balaban J connectivity index is 0.000000935. The normalized spacial score (nSPS) is 18.1. The second-order valence-electron chi connectivity index (χ2n) is 37.3. The van der Waals surface area contributed by atoms with Gasteiger partial charge in [-0.3, -0.25) is 29.3 Å². The lowest BCUT2D eigenvalue weighted by atomic mass is 9.78. The topological polar surface area (TPSA) is 373 Å². The number of carbonyl (C=O) groups is 3. The molecule has 3 fully saturated rings. The Labute approximate surface area is 716 Å². The van der Waals surface area contributed by atoms with E-state index in [1.54, 1.807) is 54.6 Å². The molecule has 3 aliphatic carbocycles. The van der Waals surface area contributed by atoms with Crippen molar-refractivity contribution < 1.29 is 79.9 Å². The van der Waals surface area contributed by atoms with E-state index in [2.05, 4.69) is 112 Å². The van der Waals surface area contributed by atoms with Gasteiger partial charge in [0.25, 0.3) is 47.8 Å². The molecule has 0 aliphatic heterocycles. The van der Waals surface area contributed by atoms with Crippen LogP contribution in [0.4, 0.5) is 30.6 Å². The molecule has 24 nitrogen and oxygen atoms in total. The summed E-state index contributed by atoms with van der Waals surface area (Å²) in [6, 6.07) is 35.2. The first-order chi connectivity index (χ1) is 55.7. The van der Waals surface area contributed by atoms with E-state index in [1.165, 1.54) is 91.0 Å². The molecule has 0 radical (unpaired) electrons. The third-order valence-electron chi connectivity index (χ3n) is 21.4. The van der Waals surface area contributed by atoms with Gasteiger partial charge in [0.1, 0.15) is 52.2 Å². The largest absolute Gasteiger partial charge is 0.493 e. The number of pyridine rings is 6. The van der Waals surface area contributed by atoms with Gasteiger partial charge in [0.05, 0.1) is 70.7 Å². The minimum Gasteiger partial charge on any atom is -0.493 e. The molecule has 30 heteroatoms. The van der Waals surface area contributed by atoms with Crippen LogP contribution < -0.4 is 45.6 Å². The molecule has 660 valence electrons. The third-order valence-corrected chi connectivity index (χ3v) is 25.1. The van der Waals surface area contributed by atoms with Crippen molar-refractivity contribution in [1.82, 2.24) is 44.1 Å². The quantitative estimate of drug-likeness (QED) is 0.0327. The number of halogens is 3. The Bertz CT molecular complexity index is 5200. The van der Waals surface area contributed by atoms with Crippen LogP contribution in [0.2, 0.25) is 0 Å². The lowest BCUT2D eigenvalue weighted by Crippen LogP contribution is -2.33. The molecule has 0 spiro atoms. The van der Waals surface area contributed by atoms with E-state index in [1.807, 2.05) is 41.5 Å². The van der Waals surface area contributed by atoms with Crippen molar-refractivity contribution in [3.8, 4) is 51.0 Å². The van der Waals surface area contributed by atoms with Crippen molar-refractivity contribution in [2.24, 2.45) is 50.2 Å². The highest BCUT2D eigenvalue weighted by molar-refractivity contribution is 7.90. The number of ether oxygens (including phenoxy) is 3. The van der Waals surface area contributed by atoms with Crippen LogP contribution in [0.15, 0.2) is 161 Å². The zero-order chi connectivity index (χ0) is 88.4. The van der Waals surface area contributed by atoms with Crippen LogP contribution >= 0.6 is 0 Å². The number of nitrogens with zero attached hydrogens (tertiary/aromatic N) is 6. The van der Waals surface area contributed by atoms with Gasteiger partial charge in [-0.1, -0.05) is 143 Å². The van der Waals surface area contributed by atoms with E-state index < -0.39 is 65.2 Å². The monoisotopic (exact) mass is 1720 g/mol. The summed E-state index contributed by atoms with van der Waals surface area (Å²) < 4.78 is 145. The number of sulfonamides is 3.